The van der Waals surface area contributed by atoms with Crippen LogP contribution in [0.5, 0.6) is 0 Å². The van der Waals surface area contributed by atoms with Gasteiger partial charge in [-0.1, -0.05) is 133 Å². The van der Waals surface area contributed by atoms with E-state index in [-0.39, 0.29) is 22.2 Å². The monoisotopic (exact) mass is 746 g/mol. The summed E-state index contributed by atoms with van der Waals surface area (Å²) in [5, 5.41) is 16.3. The molecule has 9 rings (SSSR count). The van der Waals surface area contributed by atoms with E-state index in [1.165, 1.54) is 14.2 Å². The number of nitrogens with zero attached hydrogens (tertiary/aromatic N) is 4. The largest absolute Gasteiger partial charge is 2.00 e. The molecule has 54 heavy (non-hydrogen) atoms. The molecular formula is C46H32N4NiO3. The van der Waals surface area contributed by atoms with Gasteiger partial charge in [0.25, 0.3) is 0 Å². The number of aliphatic imine (C=N–C) groups is 3. The van der Waals surface area contributed by atoms with E-state index in [1.807, 2.05) is 133 Å². The number of hydrogen-bond acceptors (Lipinski definition) is 6. The van der Waals surface area contributed by atoms with Gasteiger partial charge >= 0.3 is 16.5 Å². The first-order valence-electron chi connectivity index (χ1n) is 17.3. The molecule has 1 aromatic heterocycles. The van der Waals surface area contributed by atoms with Gasteiger partial charge in [-0.2, -0.15) is 0 Å². The molecule has 264 valence electrons. The first kappa shape index (κ1) is 34.9. The number of hydrogen-bond donors (Lipinski definition) is 0. The topological polar surface area (TPSA) is 92.7 Å². The van der Waals surface area contributed by atoms with Crippen LogP contribution in [0, 0.1) is 0 Å². The van der Waals surface area contributed by atoms with Crippen LogP contribution in [-0.2, 0) is 26.0 Å². The number of aromatic nitrogens is 1. The number of benzene rings is 4. The van der Waals surface area contributed by atoms with Gasteiger partial charge in [-0.3, -0.25) is 0 Å². The predicted molar refractivity (Wildman–Crippen MR) is 208 cm³/mol. The summed E-state index contributed by atoms with van der Waals surface area (Å²) in [6, 6.07) is 43.7. The van der Waals surface area contributed by atoms with E-state index in [4.69, 9.17) is 29.4 Å². The third-order valence-electron chi connectivity index (χ3n) is 9.80. The van der Waals surface area contributed by atoms with E-state index in [0.29, 0.717) is 33.3 Å². The van der Waals surface area contributed by atoms with Crippen molar-refractivity contribution in [1.29, 1.82) is 0 Å². The molecule has 4 aromatic carbocycles. The zero-order valence-electron chi connectivity index (χ0n) is 29.3. The van der Waals surface area contributed by atoms with Crippen LogP contribution in [0.25, 0.3) is 22.3 Å². The molecule has 4 aliphatic heterocycles. The fourth-order valence-corrected chi connectivity index (χ4v) is 7.36. The molecule has 0 fully saturated rings. The Balaban J connectivity index is 0.00000413. The van der Waals surface area contributed by atoms with Gasteiger partial charge in [0.2, 0.25) is 5.79 Å². The van der Waals surface area contributed by atoms with Crippen LogP contribution in [0.4, 0.5) is 0 Å². The van der Waals surface area contributed by atoms with Crippen molar-refractivity contribution in [3.63, 3.8) is 0 Å². The number of methoxy groups -OCH3 is 2. The molecule has 0 spiro atoms. The summed E-state index contributed by atoms with van der Waals surface area (Å²) in [5.41, 5.74) is 9.76. The molecule has 0 radical (unpaired) electrons. The summed E-state index contributed by atoms with van der Waals surface area (Å²) in [5.74, 6) is -2.30. The average Bonchev–Trinajstić information content (AvgIpc) is 4.03. The van der Waals surface area contributed by atoms with E-state index >= 15 is 0 Å². The third kappa shape index (κ3) is 5.72. The number of ether oxygens (including phenoxy) is 2. The molecule has 0 unspecified atom stereocenters. The Kier molecular flexibility index (Phi) is 9.26. The van der Waals surface area contributed by atoms with E-state index in [1.54, 1.807) is 0 Å². The molecule has 4 aliphatic rings. The minimum atomic E-state index is -1.86. The predicted octanol–water partition coefficient (Wildman–Crippen LogP) is 5.91. The standard InChI is InChI=1S/C46H33N4O3.Ni/c1-52-46(53-2)44-42(32-21-13-6-14-22-32)38-28-26-36(49-38)40(30-17-9-4-10-18-30)34-24-23-33(47-34)39(29-15-7-3-8-16-29)35-25-27-37(48-35)41(43(50-44)45(46)51)31-19-11-5-12-20-31;/h3-28H,1-2H3,(H-,47,48,49,50,51);/q-1;+2/p-1. The first-order chi connectivity index (χ1) is 26.1. The van der Waals surface area contributed by atoms with Crippen LogP contribution in [-0.4, -0.2) is 37.1 Å². The van der Waals surface area contributed by atoms with Crippen molar-refractivity contribution in [2.75, 3.05) is 14.2 Å². The second kappa shape index (κ2) is 14.3. The summed E-state index contributed by atoms with van der Waals surface area (Å²) in [6.07, 6.45) is 8.03. The van der Waals surface area contributed by atoms with Crippen molar-refractivity contribution < 1.29 is 31.1 Å². The van der Waals surface area contributed by atoms with Crippen molar-refractivity contribution in [2.24, 2.45) is 15.0 Å². The third-order valence-corrected chi connectivity index (χ3v) is 9.80. The van der Waals surface area contributed by atoms with Gasteiger partial charge < -0.3 is 19.6 Å². The first-order valence-corrected chi connectivity index (χ1v) is 17.3. The maximum absolute atomic E-state index is 15.0. The normalized spacial score (nSPS) is 17.2. The van der Waals surface area contributed by atoms with Crippen molar-refractivity contribution in [3.8, 4) is 0 Å². The second-order valence-corrected chi connectivity index (χ2v) is 12.8. The van der Waals surface area contributed by atoms with E-state index in [9.17, 15) is 5.11 Å². The Bertz CT molecular complexity index is 2660. The molecule has 0 N–H and O–H groups in total. The minimum absolute atomic E-state index is 0. The van der Waals surface area contributed by atoms with Crippen LogP contribution in [0.2, 0.25) is 0 Å². The maximum atomic E-state index is 15.0. The van der Waals surface area contributed by atoms with Gasteiger partial charge in [0.1, 0.15) is 5.71 Å². The van der Waals surface area contributed by atoms with Crippen molar-refractivity contribution in [1.82, 2.24) is 4.98 Å². The smallest absolute Gasteiger partial charge is 0.870 e. The maximum Gasteiger partial charge on any atom is 2.00 e. The van der Waals surface area contributed by atoms with Crippen molar-refractivity contribution in [2.45, 2.75) is 5.79 Å². The Morgan fingerprint density at radius 2 is 0.889 bits per heavy atom. The molecule has 5 aromatic rings. The average molecular weight is 747 g/mol. The number of fused-ring (bicyclic) bond motifs is 5. The van der Waals surface area contributed by atoms with Crippen LogP contribution in [0.15, 0.2) is 196 Å². The van der Waals surface area contributed by atoms with Gasteiger partial charge in [-0.25, -0.2) is 15.0 Å². The molecule has 0 saturated carbocycles. The Hall–Kier alpha value is -6.18. The summed E-state index contributed by atoms with van der Waals surface area (Å²) >= 11 is 0. The molecule has 8 heteroatoms. The molecule has 5 heterocycles. The molecule has 0 saturated heterocycles. The summed E-state index contributed by atoms with van der Waals surface area (Å²) in [6.45, 7) is 0. The number of allylic oxidation sites excluding steroid dienone is 6. The SMILES string of the molecule is COC1(OC)C2=NC(=C1[O-])C(c1ccccc1)=c1ccc([n-]1)=C(c1ccccc1)C1=NC(=C(c3ccccc3)C3=NC(=C2c2ccccc2)C=C3)C=C1.[Ni+2]. The Morgan fingerprint density at radius 3 is 1.39 bits per heavy atom. The van der Waals surface area contributed by atoms with Crippen LogP contribution >= 0.6 is 0 Å². The molecule has 8 bridgehead atoms. The van der Waals surface area contributed by atoms with E-state index < -0.39 is 11.5 Å². The Morgan fingerprint density at radius 1 is 0.481 bits per heavy atom. The van der Waals surface area contributed by atoms with E-state index in [0.717, 1.165) is 50.5 Å². The van der Waals surface area contributed by atoms with Gasteiger partial charge in [-0.15, -0.1) is 10.7 Å². The number of rotatable bonds is 6. The van der Waals surface area contributed by atoms with Crippen LogP contribution in [0.1, 0.15) is 22.3 Å². The van der Waals surface area contributed by atoms with E-state index in [2.05, 4.69) is 24.3 Å². The summed E-state index contributed by atoms with van der Waals surface area (Å²) in [4.78, 5) is 21.0. The van der Waals surface area contributed by atoms with Gasteiger partial charge in [0.05, 0.1) is 28.5 Å². The van der Waals surface area contributed by atoms with Crippen LogP contribution < -0.4 is 20.8 Å². The molecular weight excluding hydrogens is 715 g/mol. The quantitative estimate of drug-likeness (QED) is 0.160. The molecule has 7 nitrogen and oxygen atoms in total. The molecule has 0 amide bonds. The van der Waals surface area contributed by atoms with Gasteiger partial charge in [0.15, 0.2) is 0 Å². The minimum Gasteiger partial charge on any atom is -0.870 e. The van der Waals surface area contributed by atoms with Gasteiger partial charge in [-0.05, 0) is 63.5 Å². The second-order valence-electron chi connectivity index (χ2n) is 12.8. The molecule has 0 aliphatic carbocycles. The molecule has 0 atom stereocenters. The fourth-order valence-electron chi connectivity index (χ4n) is 7.36. The Labute approximate surface area is 322 Å². The van der Waals surface area contributed by atoms with Gasteiger partial charge in [0, 0.05) is 25.4 Å². The zero-order valence-corrected chi connectivity index (χ0v) is 30.3. The van der Waals surface area contributed by atoms with Crippen LogP contribution in [0.3, 0.4) is 0 Å². The zero-order chi connectivity index (χ0) is 35.9. The fraction of sp³-hybridized carbons (Fsp3) is 0.0652. The summed E-state index contributed by atoms with van der Waals surface area (Å²) in [7, 11) is 2.94. The van der Waals surface area contributed by atoms with Crippen molar-refractivity contribution >= 4 is 39.4 Å². The summed E-state index contributed by atoms with van der Waals surface area (Å²) < 4.78 is 12.2. The van der Waals surface area contributed by atoms with Crippen molar-refractivity contribution in [3.05, 3.63) is 214 Å².